The van der Waals surface area contributed by atoms with E-state index in [-0.39, 0.29) is 0 Å². The van der Waals surface area contributed by atoms with Gasteiger partial charge in [0.25, 0.3) is 0 Å². The summed E-state index contributed by atoms with van der Waals surface area (Å²) in [6.07, 6.45) is 4.93. The molecule has 0 amide bonds. The lowest BCUT2D eigenvalue weighted by Gasteiger charge is -2.24. The van der Waals surface area contributed by atoms with E-state index < -0.39 is 0 Å². The van der Waals surface area contributed by atoms with E-state index in [1.807, 2.05) is 6.07 Å². The van der Waals surface area contributed by atoms with Crippen LogP contribution in [0.1, 0.15) is 51.1 Å². The van der Waals surface area contributed by atoms with Crippen LogP contribution < -0.4 is 14.8 Å². The maximum absolute atomic E-state index is 5.70. The van der Waals surface area contributed by atoms with Crippen LogP contribution in [0.2, 0.25) is 0 Å². The van der Waals surface area contributed by atoms with E-state index >= 15 is 0 Å². The Morgan fingerprint density at radius 2 is 1.85 bits per heavy atom. The molecule has 112 valence electrons. The predicted molar refractivity (Wildman–Crippen MR) is 85.7 cm³/mol. The monoisotopic (exact) mass is 341 g/mol. The number of hydrogen-bond donors (Lipinski definition) is 1. The summed E-state index contributed by atoms with van der Waals surface area (Å²) in [7, 11) is 0. The Labute approximate surface area is 130 Å². The molecule has 1 unspecified atom stereocenters. The van der Waals surface area contributed by atoms with Crippen LogP contribution in [0, 0.1) is 0 Å². The van der Waals surface area contributed by atoms with E-state index in [0.717, 1.165) is 28.9 Å². The third-order valence-electron chi connectivity index (χ3n) is 3.58. The summed E-state index contributed by atoms with van der Waals surface area (Å²) in [6.45, 7) is 6.63. The first kappa shape index (κ1) is 15.6. The first-order chi connectivity index (χ1) is 9.76. The summed E-state index contributed by atoms with van der Waals surface area (Å²) in [5, 5.41) is 3.58. The van der Waals surface area contributed by atoms with Gasteiger partial charge in [0.05, 0.1) is 0 Å². The Bertz CT molecular complexity index is 437. The maximum atomic E-state index is 5.70. The lowest BCUT2D eigenvalue weighted by molar-refractivity contribution is 0.171. The molecule has 0 aromatic heterocycles. The van der Waals surface area contributed by atoms with E-state index in [9.17, 15) is 0 Å². The van der Waals surface area contributed by atoms with E-state index in [1.165, 1.54) is 24.8 Å². The molecule has 20 heavy (non-hydrogen) atoms. The average molecular weight is 342 g/mol. The molecule has 1 atom stereocenters. The predicted octanol–water partition coefficient (Wildman–Crippen LogP) is 4.45. The van der Waals surface area contributed by atoms with Crippen molar-refractivity contribution in [3.05, 3.63) is 22.2 Å². The molecule has 0 radical (unpaired) electrons. The topological polar surface area (TPSA) is 30.5 Å². The second kappa shape index (κ2) is 7.89. The van der Waals surface area contributed by atoms with Gasteiger partial charge in [-0.2, -0.15) is 0 Å². The van der Waals surface area contributed by atoms with Gasteiger partial charge in [-0.25, -0.2) is 0 Å². The van der Waals surface area contributed by atoms with Crippen LogP contribution in [-0.4, -0.2) is 19.8 Å². The van der Waals surface area contributed by atoms with Gasteiger partial charge >= 0.3 is 0 Å². The molecule has 0 spiro atoms. The Morgan fingerprint density at radius 3 is 2.50 bits per heavy atom. The van der Waals surface area contributed by atoms with Gasteiger partial charge in [-0.05, 0) is 30.7 Å². The molecule has 1 aromatic carbocycles. The van der Waals surface area contributed by atoms with Crippen molar-refractivity contribution in [2.24, 2.45) is 0 Å². The molecule has 4 heteroatoms. The number of hydrogen-bond acceptors (Lipinski definition) is 3. The first-order valence-corrected chi connectivity index (χ1v) is 8.38. The van der Waals surface area contributed by atoms with E-state index in [2.05, 4.69) is 41.2 Å². The van der Waals surface area contributed by atoms with Crippen molar-refractivity contribution in [3.8, 4) is 11.5 Å². The number of nitrogens with one attached hydrogen (secondary N) is 1. The fourth-order valence-corrected chi connectivity index (χ4v) is 3.16. The molecule has 1 aliphatic rings. The highest BCUT2D eigenvalue weighted by Crippen LogP contribution is 2.38. The molecule has 0 aliphatic carbocycles. The van der Waals surface area contributed by atoms with Crippen molar-refractivity contribution in [1.82, 2.24) is 5.32 Å². The molecular formula is C16H24BrNO2. The quantitative estimate of drug-likeness (QED) is 0.743. The van der Waals surface area contributed by atoms with Crippen LogP contribution in [0.15, 0.2) is 16.6 Å². The van der Waals surface area contributed by atoms with Gasteiger partial charge in [-0.15, -0.1) is 0 Å². The third-order valence-corrected chi connectivity index (χ3v) is 4.27. The summed E-state index contributed by atoms with van der Waals surface area (Å²) >= 11 is 3.68. The highest BCUT2D eigenvalue weighted by Gasteiger charge is 2.19. The van der Waals surface area contributed by atoms with Crippen molar-refractivity contribution in [2.45, 2.75) is 45.6 Å². The number of benzene rings is 1. The largest absolute Gasteiger partial charge is 0.486 e. The molecule has 1 N–H and O–H groups in total. The van der Waals surface area contributed by atoms with E-state index in [4.69, 9.17) is 9.47 Å². The zero-order valence-corrected chi connectivity index (χ0v) is 14.0. The SMILES string of the molecule is CCCCCC(NCC)c1cc2c(cc1Br)OCCO2. The summed E-state index contributed by atoms with van der Waals surface area (Å²) in [6, 6.07) is 4.53. The molecular weight excluding hydrogens is 318 g/mol. The molecule has 1 aliphatic heterocycles. The number of unbranched alkanes of at least 4 members (excludes halogenated alkanes) is 2. The van der Waals surface area contributed by atoms with Gasteiger partial charge in [-0.3, -0.25) is 0 Å². The van der Waals surface area contributed by atoms with Crippen LogP contribution in [-0.2, 0) is 0 Å². The van der Waals surface area contributed by atoms with Gasteiger partial charge in [0.2, 0.25) is 0 Å². The number of fused-ring (bicyclic) bond motifs is 1. The van der Waals surface area contributed by atoms with Gasteiger partial charge in [-0.1, -0.05) is 49.0 Å². The van der Waals surface area contributed by atoms with Crippen LogP contribution in [0.25, 0.3) is 0 Å². The van der Waals surface area contributed by atoms with Gasteiger partial charge < -0.3 is 14.8 Å². The van der Waals surface area contributed by atoms with Crippen molar-refractivity contribution in [1.29, 1.82) is 0 Å². The summed E-state index contributed by atoms with van der Waals surface area (Å²) in [5.41, 5.74) is 1.27. The second-order valence-electron chi connectivity index (χ2n) is 5.12. The molecule has 0 bridgehead atoms. The highest BCUT2D eigenvalue weighted by atomic mass is 79.9. The maximum Gasteiger partial charge on any atom is 0.162 e. The van der Waals surface area contributed by atoms with Crippen molar-refractivity contribution < 1.29 is 9.47 Å². The minimum atomic E-state index is 0.372. The molecule has 2 rings (SSSR count). The summed E-state index contributed by atoms with van der Waals surface area (Å²) in [4.78, 5) is 0. The van der Waals surface area contributed by atoms with Crippen molar-refractivity contribution in [3.63, 3.8) is 0 Å². The zero-order chi connectivity index (χ0) is 14.4. The Hall–Kier alpha value is -0.740. The molecule has 1 heterocycles. The lowest BCUT2D eigenvalue weighted by Crippen LogP contribution is -2.22. The fraction of sp³-hybridized carbons (Fsp3) is 0.625. The minimum Gasteiger partial charge on any atom is -0.486 e. The van der Waals surface area contributed by atoms with Gasteiger partial charge in [0.15, 0.2) is 11.5 Å². The summed E-state index contributed by atoms with van der Waals surface area (Å²) in [5.74, 6) is 1.71. The molecule has 3 nitrogen and oxygen atoms in total. The average Bonchev–Trinajstić information content (AvgIpc) is 2.46. The molecule has 1 aromatic rings. The number of ether oxygens (including phenoxy) is 2. The molecule has 0 saturated heterocycles. The van der Waals surface area contributed by atoms with E-state index in [1.54, 1.807) is 0 Å². The Morgan fingerprint density at radius 1 is 1.15 bits per heavy atom. The smallest absolute Gasteiger partial charge is 0.162 e. The Balaban J connectivity index is 2.18. The number of halogens is 1. The van der Waals surface area contributed by atoms with Gasteiger partial charge in [0.1, 0.15) is 13.2 Å². The van der Waals surface area contributed by atoms with Crippen LogP contribution >= 0.6 is 15.9 Å². The second-order valence-corrected chi connectivity index (χ2v) is 5.98. The normalized spacial score (nSPS) is 15.2. The third kappa shape index (κ3) is 3.89. The van der Waals surface area contributed by atoms with Crippen molar-refractivity contribution in [2.75, 3.05) is 19.8 Å². The molecule has 0 fully saturated rings. The summed E-state index contributed by atoms with van der Waals surface area (Å²) < 4.78 is 12.4. The van der Waals surface area contributed by atoms with E-state index in [0.29, 0.717) is 19.3 Å². The van der Waals surface area contributed by atoms with Crippen LogP contribution in [0.5, 0.6) is 11.5 Å². The van der Waals surface area contributed by atoms with Gasteiger partial charge in [0, 0.05) is 10.5 Å². The lowest BCUT2D eigenvalue weighted by atomic mass is 9.99. The van der Waals surface area contributed by atoms with Crippen LogP contribution in [0.4, 0.5) is 0 Å². The van der Waals surface area contributed by atoms with Crippen molar-refractivity contribution >= 4 is 15.9 Å². The Kier molecular flexibility index (Phi) is 6.17. The molecule has 0 saturated carbocycles. The van der Waals surface area contributed by atoms with Crippen LogP contribution in [0.3, 0.4) is 0 Å². The number of rotatable bonds is 7. The highest BCUT2D eigenvalue weighted by molar-refractivity contribution is 9.10. The fourth-order valence-electron chi connectivity index (χ4n) is 2.56. The minimum absolute atomic E-state index is 0.372. The standard InChI is InChI=1S/C16H24BrNO2/c1-3-5-6-7-14(18-4-2)12-10-15-16(11-13(12)17)20-9-8-19-15/h10-11,14,18H,3-9H2,1-2H3. The first-order valence-electron chi connectivity index (χ1n) is 7.58. The zero-order valence-electron chi connectivity index (χ0n) is 12.4.